The lowest BCUT2D eigenvalue weighted by Gasteiger charge is -2.28. The van der Waals surface area contributed by atoms with E-state index in [0.29, 0.717) is 12.8 Å². The minimum absolute atomic E-state index is 0.0933. The Balaban J connectivity index is 6.44. The Morgan fingerprint density at radius 1 is 0.486 bits per heavy atom. The Morgan fingerprint density at radius 2 is 0.892 bits per heavy atom. The van der Waals surface area contributed by atoms with Gasteiger partial charge in [0.05, 0.1) is 25.1 Å². The van der Waals surface area contributed by atoms with Gasteiger partial charge in [0.2, 0.25) is 47.3 Å². The van der Waals surface area contributed by atoms with Crippen molar-refractivity contribution in [2.24, 2.45) is 34.0 Å². The molecule has 74 heavy (non-hydrogen) atoms. The van der Waals surface area contributed by atoms with E-state index in [1.807, 2.05) is 10.6 Å². The van der Waals surface area contributed by atoms with Gasteiger partial charge in [-0.2, -0.15) is 0 Å². The zero-order chi connectivity index (χ0) is 57.0. The third kappa shape index (κ3) is 26.1. The molecule has 0 aliphatic heterocycles. The zero-order valence-corrected chi connectivity index (χ0v) is 41.7. The second-order valence-corrected chi connectivity index (χ2v) is 17.3. The van der Waals surface area contributed by atoms with E-state index in [1.165, 1.54) is 6.92 Å². The Bertz CT molecular complexity index is 2030. The van der Waals surface area contributed by atoms with Crippen LogP contribution in [0.15, 0.2) is 4.99 Å². The summed E-state index contributed by atoms with van der Waals surface area (Å²) in [5.41, 5.74) is 16.6. The number of carboxylic acids is 5. The predicted molar refractivity (Wildman–Crippen MR) is 255 cm³/mol. The smallest absolute Gasteiger partial charge is 0.326 e. The van der Waals surface area contributed by atoms with Crippen LogP contribution in [0.4, 0.5) is 0 Å². The number of carboxylic acid groups (broad SMARTS) is 5. The number of aliphatic hydroxyl groups excluding tert-OH is 1. The van der Waals surface area contributed by atoms with Crippen molar-refractivity contribution in [1.82, 2.24) is 42.5 Å². The maximum absolute atomic E-state index is 13.8. The van der Waals surface area contributed by atoms with E-state index in [9.17, 15) is 87.9 Å². The van der Waals surface area contributed by atoms with Gasteiger partial charge in [-0.15, -0.1) is 0 Å². The number of hydrogen-bond donors (Lipinski definition) is 17. The Kier molecular flexibility index (Phi) is 30.3. The molecule has 0 aliphatic rings. The van der Waals surface area contributed by atoms with Crippen molar-refractivity contribution in [3.63, 3.8) is 0 Å². The average molecular weight is 1060 g/mol. The molecule has 0 saturated heterocycles. The van der Waals surface area contributed by atoms with Crippen LogP contribution in [0.25, 0.3) is 0 Å². The Hall–Kier alpha value is -7.70. The lowest BCUT2D eigenvalue weighted by Crippen LogP contribution is -2.61. The quantitative estimate of drug-likeness (QED) is 0.0157. The summed E-state index contributed by atoms with van der Waals surface area (Å²) in [5, 5.41) is 75.2. The van der Waals surface area contributed by atoms with E-state index in [0.717, 1.165) is 6.92 Å². The molecule has 8 amide bonds. The molecule has 31 nitrogen and oxygen atoms in total. The van der Waals surface area contributed by atoms with Gasteiger partial charge in [-0.05, 0) is 50.9 Å². The van der Waals surface area contributed by atoms with Crippen LogP contribution in [0.5, 0.6) is 0 Å². The highest BCUT2D eigenvalue weighted by molar-refractivity contribution is 5.99. The number of hydrogen-bond acceptors (Lipinski definition) is 16. The van der Waals surface area contributed by atoms with Crippen molar-refractivity contribution in [1.29, 1.82) is 0 Å². The molecule has 0 radical (unpaired) electrons. The standard InChI is InChI=1S/C43H72N12O19/c1-6-19(3)32(53-35(66)22(44)9-8-16-47-43(45)46)41(72)51-25(12-15-30(62)63)36(67)50-24(11-14-29(60)61)37(68)52-26(17-31(64)65)39(70)55-34(21(5)56)40(71)48-18-27(57)49-23(10-13-28(58)59)38(69)54-33(42(73)74)20(4)7-2/h19-26,32-34,56H,6-18,44H2,1-5H3,(H,48,71)(H,49,57)(H,50,67)(H,51,72)(H,52,68)(H,53,66)(H,54,69)(H,55,70)(H,58,59)(H,60,61)(H,62,63)(H,64,65)(H,73,74)(H4,45,46,47)/t19-,20-,21+,22-,23-,24-,25-,26-,32-,33-,34-/m0/s1. The number of guanidine groups is 1. The topological polar surface area (TPSA) is 530 Å². The third-order valence-corrected chi connectivity index (χ3v) is 11.2. The van der Waals surface area contributed by atoms with Crippen LogP contribution < -0.4 is 59.7 Å². The monoisotopic (exact) mass is 1060 g/mol. The number of nitrogens with one attached hydrogen (secondary N) is 8. The molecule has 0 aromatic carbocycles. The highest BCUT2D eigenvalue weighted by Gasteiger charge is 2.36. The van der Waals surface area contributed by atoms with Crippen LogP contribution in [0.2, 0.25) is 0 Å². The zero-order valence-electron chi connectivity index (χ0n) is 41.7. The van der Waals surface area contributed by atoms with Crippen LogP contribution in [0, 0.1) is 11.8 Å². The van der Waals surface area contributed by atoms with Crippen molar-refractivity contribution >= 4 is 83.1 Å². The molecule has 31 heteroatoms. The summed E-state index contributed by atoms with van der Waals surface area (Å²) >= 11 is 0. The lowest BCUT2D eigenvalue weighted by molar-refractivity contribution is -0.144. The van der Waals surface area contributed by atoms with Crippen molar-refractivity contribution in [3.05, 3.63) is 0 Å². The lowest BCUT2D eigenvalue weighted by atomic mass is 9.96. The Morgan fingerprint density at radius 3 is 1.32 bits per heavy atom. The average Bonchev–Trinajstić information content (AvgIpc) is 3.31. The highest BCUT2D eigenvalue weighted by Crippen LogP contribution is 2.13. The normalized spacial score (nSPS) is 15.3. The van der Waals surface area contributed by atoms with Gasteiger partial charge in [0.1, 0.15) is 42.3 Å². The summed E-state index contributed by atoms with van der Waals surface area (Å²) in [6.45, 7) is 6.59. The molecule has 0 spiro atoms. The molecule has 0 unspecified atom stereocenters. The minimum atomic E-state index is -2.14. The SMILES string of the molecule is CC[C@H](C)[C@H](NC(=O)[C@H](CCC(=O)O)NC(=O)CNC(=O)[C@@H](NC(=O)[C@H](CC(=O)O)NC(=O)[C@H](CCC(=O)O)NC(=O)[C@H](CCC(=O)O)NC(=O)[C@@H](NC(=O)[C@@H](N)CCCN=C(N)N)[C@@H](C)CC)[C@@H](C)O)C(=O)O. The van der Waals surface area contributed by atoms with Gasteiger partial charge >= 0.3 is 29.8 Å². The predicted octanol–water partition coefficient (Wildman–Crippen LogP) is -5.50. The molecule has 0 heterocycles. The first kappa shape index (κ1) is 66.3. The molecule has 0 aromatic rings. The first-order valence-corrected chi connectivity index (χ1v) is 23.4. The molecule has 0 aliphatic carbocycles. The van der Waals surface area contributed by atoms with Gasteiger partial charge in [-0.25, -0.2) is 4.79 Å². The summed E-state index contributed by atoms with van der Waals surface area (Å²) in [5.74, 6) is -18.1. The van der Waals surface area contributed by atoms with Crippen LogP contribution >= 0.6 is 0 Å². The largest absolute Gasteiger partial charge is 0.481 e. The molecule has 20 N–H and O–H groups in total. The molecule has 0 aromatic heterocycles. The first-order chi connectivity index (χ1) is 34.4. The number of aliphatic carboxylic acids is 5. The molecular weight excluding hydrogens is 989 g/mol. The molecule has 11 atom stereocenters. The van der Waals surface area contributed by atoms with Gasteiger partial charge in [-0.3, -0.25) is 62.5 Å². The van der Waals surface area contributed by atoms with Crippen LogP contribution in [0.1, 0.15) is 105 Å². The third-order valence-electron chi connectivity index (χ3n) is 11.2. The van der Waals surface area contributed by atoms with Crippen LogP contribution in [-0.4, -0.2) is 181 Å². The molecule has 0 rings (SSSR count). The maximum atomic E-state index is 13.8. The summed E-state index contributed by atoms with van der Waals surface area (Å²) in [6.07, 6.45) is -6.14. The van der Waals surface area contributed by atoms with E-state index in [2.05, 4.69) is 36.9 Å². The van der Waals surface area contributed by atoms with Crippen molar-refractivity contribution in [2.45, 2.75) is 160 Å². The number of aliphatic hydroxyl groups is 1. The first-order valence-electron chi connectivity index (χ1n) is 23.4. The van der Waals surface area contributed by atoms with E-state index >= 15 is 0 Å². The molecule has 418 valence electrons. The second-order valence-electron chi connectivity index (χ2n) is 17.3. The summed E-state index contributed by atoms with van der Waals surface area (Å²) in [4.78, 5) is 169. The number of nitrogens with two attached hydrogens (primary N) is 3. The molecule has 0 fully saturated rings. The minimum Gasteiger partial charge on any atom is -0.481 e. The van der Waals surface area contributed by atoms with Crippen LogP contribution in [0.3, 0.4) is 0 Å². The van der Waals surface area contributed by atoms with Crippen LogP contribution in [-0.2, 0) is 62.3 Å². The summed E-state index contributed by atoms with van der Waals surface area (Å²) in [7, 11) is 0. The van der Waals surface area contributed by atoms with E-state index in [4.69, 9.17) is 22.3 Å². The fourth-order valence-electron chi connectivity index (χ4n) is 6.53. The number of carbonyl (C=O) groups excluding carboxylic acids is 8. The van der Waals surface area contributed by atoms with E-state index < -0.39 is 195 Å². The maximum Gasteiger partial charge on any atom is 0.326 e. The number of rotatable bonds is 37. The van der Waals surface area contributed by atoms with Crippen molar-refractivity contribution in [3.8, 4) is 0 Å². The fraction of sp³-hybridized carbons (Fsp3) is 0.674. The fourth-order valence-corrected chi connectivity index (χ4v) is 6.53. The highest BCUT2D eigenvalue weighted by atomic mass is 16.4. The van der Waals surface area contributed by atoms with Gasteiger partial charge in [0.15, 0.2) is 5.96 Å². The van der Waals surface area contributed by atoms with Crippen molar-refractivity contribution < 1.29 is 93.0 Å². The Labute approximate surface area is 424 Å². The summed E-state index contributed by atoms with van der Waals surface area (Å²) in [6, 6.07) is -13.4. The van der Waals surface area contributed by atoms with Gasteiger partial charge < -0.3 is 90.4 Å². The van der Waals surface area contributed by atoms with Gasteiger partial charge in [-0.1, -0.05) is 40.5 Å². The van der Waals surface area contributed by atoms with E-state index in [-0.39, 0.29) is 25.3 Å². The molecule has 0 saturated carbocycles. The number of nitrogens with zero attached hydrogens (tertiary/aromatic N) is 1. The number of amides is 8. The number of aliphatic imine (C=N–C) groups is 1. The molecule has 0 bridgehead atoms. The van der Waals surface area contributed by atoms with Gasteiger partial charge in [0.25, 0.3) is 0 Å². The number of carbonyl (C=O) groups is 13. The van der Waals surface area contributed by atoms with Crippen molar-refractivity contribution in [2.75, 3.05) is 13.1 Å². The molecular formula is C43H72N12O19. The summed E-state index contributed by atoms with van der Waals surface area (Å²) < 4.78 is 0. The van der Waals surface area contributed by atoms with Gasteiger partial charge in [0, 0.05) is 25.8 Å². The van der Waals surface area contributed by atoms with E-state index in [1.54, 1.807) is 20.8 Å². The second kappa shape index (κ2) is 33.9.